The van der Waals surface area contributed by atoms with Crippen molar-refractivity contribution in [3.8, 4) is 0 Å². The van der Waals surface area contributed by atoms with Gasteiger partial charge in [0.2, 0.25) is 0 Å². The van der Waals surface area contributed by atoms with Gasteiger partial charge in [-0.3, -0.25) is 0 Å². The number of hydrogen-bond acceptors (Lipinski definition) is 3. The van der Waals surface area contributed by atoms with Crippen LogP contribution in [0.25, 0.3) is 0 Å². The van der Waals surface area contributed by atoms with Crippen LogP contribution in [0.4, 0.5) is 0 Å². The highest BCUT2D eigenvalue weighted by Gasteiger charge is 2.10. The zero-order valence-corrected chi connectivity index (χ0v) is 13.3. The molecule has 0 radical (unpaired) electrons. The summed E-state index contributed by atoms with van der Waals surface area (Å²) in [7, 11) is 0. The summed E-state index contributed by atoms with van der Waals surface area (Å²) in [6.07, 6.45) is 6.78. The molecule has 1 rings (SSSR count). The van der Waals surface area contributed by atoms with Crippen molar-refractivity contribution in [2.24, 2.45) is 0 Å². The van der Waals surface area contributed by atoms with Gasteiger partial charge in [0.25, 0.3) is 0 Å². The maximum Gasteiger partial charge on any atom is 0.338 e. The standard InChI is InChI=1S/C18H28O3/c1-3-5-7-8-14-21-18(20)16-12-10-15(11-13-16)17(19)9-6-4-2/h10-13,17,19H,3-9,14H2,1-2H3. The van der Waals surface area contributed by atoms with E-state index in [0.717, 1.165) is 37.7 Å². The van der Waals surface area contributed by atoms with E-state index in [1.807, 2.05) is 12.1 Å². The van der Waals surface area contributed by atoms with E-state index in [1.165, 1.54) is 12.8 Å². The number of unbranched alkanes of at least 4 members (excludes halogenated alkanes) is 4. The van der Waals surface area contributed by atoms with Crippen molar-refractivity contribution in [2.75, 3.05) is 6.61 Å². The van der Waals surface area contributed by atoms with Crippen LogP contribution in [0.3, 0.4) is 0 Å². The van der Waals surface area contributed by atoms with Crippen molar-refractivity contribution < 1.29 is 14.6 Å². The third-order valence-electron chi connectivity index (χ3n) is 3.59. The lowest BCUT2D eigenvalue weighted by Gasteiger charge is -2.11. The van der Waals surface area contributed by atoms with E-state index < -0.39 is 6.10 Å². The summed E-state index contributed by atoms with van der Waals surface area (Å²) in [5.74, 6) is -0.277. The van der Waals surface area contributed by atoms with Crippen molar-refractivity contribution in [3.05, 3.63) is 35.4 Å². The number of esters is 1. The van der Waals surface area contributed by atoms with Gasteiger partial charge in [-0.05, 0) is 30.5 Å². The smallest absolute Gasteiger partial charge is 0.338 e. The molecule has 0 saturated heterocycles. The van der Waals surface area contributed by atoms with E-state index in [2.05, 4.69) is 13.8 Å². The minimum Gasteiger partial charge on any atom is -0.462 e. The molecule has 0 saturated carbocycles. The first-order valence-corrected chi connectivity index (χ1v) is 8.14. The Labute approximate surface area is 128 Å². The Morgan fingerprint density at radius 3 is 2.33 bits per heavy atom. The molecule has 0 aliphatic carbocycles. The maximum absolute atomic E-state index is 11.8. The summed E-state index contributed by atoms with van der Waals surface area (Å²) < 4.78 is 5.24. The summed E-state index contributed by atoms with van der Waals surface area (Å²) in [4.78, 5) is 11.8. The Morgan fingerprint density at radius 1 is 1.05 bits per heavy atom. The molecular weight excluding hydrogens is 264 g/mol. The Hall–Kier alpha value is -1.35. The molecule has 3 nitrogen and oxygen atoms in total. The van der Waals surface area contributed by atoms with Gasteiger partial charge in [-0.2, -0.15) is 0 Å². The number of aliphatic hydroxyl groups is 1. The molecule has 118 valence electrons. The molecule has 1 aromatic carbocycles. The first-order chi connectivity index (χ1) is 10.2. The molecule has 0 bridgehead atoms. The van der Waals surface area contributed by atoms with Gasteiger partial charge in [0.05, 0.1) is 18.3 Å². The quantitative estimate of drug-likeness (QED) is 0.504. The van der Waals surface area contributed by atoms with Crippen molar-refractivity contribution in [2.45, 2.75) is 64.9 Å². The second-order valence-corrected chi connectivity index (χ2v) is 5.48. The summed E-state index contributed by atoms with van der Waals surface area (Å²) in [5.41, 5.74) is 1.42. The maximum atomic E-state index is 11.8. The van der Waals surface area contributed by atoms with Crippen LogP contribution < -0.4 is 0 Å². The molecule has 3 heteroatoms. The van der Waals surface area contributed by atoms with Gasteiger partial charge in [0, 0.05) is 0 Å². The molecule has 0 aliphatic heterocycles. The average Bonchev–Trinajstić information content (AvgIpc) is 2.52. The predicted molar refractivity (Wildman–Crippen MR) is 85.4 cm³/mol. The average molecular weight is 292 g/mol. The fourth-order valence-electron chi connectivity index (χ4n) is 2.18. The van der Waals surface area contributed by atoms with Gasteiger partial charge in [-0.25, -0.2) is 4.79 Å². The first kappa shape index (κ1) is 17.7. The fraction of sp³-hybridized carbons (Fsp3) is 0.611. The number of rotatable bonds is 10. The Balaban J connectivity index is 2.40. The Kier molecular flexibility index (Phi) is 8.76. The number of benzene rings is 1. The van der Waals surface area contributed by atoms with Crippen LogP contribution in [0.2, 0.25) is 0 Å². The zero-order valence-electron chi connectivity index (χ0n) is 13.3. The second-order valence-electron chi connectivity index (χ2n) is 5.48. The molecule has 1 atom stereocenters. The van der Waals surface area contributed by atoms with Crippen LogP contribution in [0, 0.1) is 0 Å². The highest BCUT2D eigenvalue weighted by molar-refractivity contribution is 5.89. The lowest BCUT2D eigenvalue weighted by atomic mass is 10.0. The summed E-state index contributed by atoms with van der Waals surface area (Å²) in [5, 5.41) is 9.99. The highest BCUT2D eigenvalue weighted by atomic mass is 16.5. The highest BCUT2D eigenvalue weighted by Crippen LogP contribution is 2.19. The third kappa shape index (κ3) is 6.76. The van der Waals surface area contributed by atoms with Crippen LogP contribution in [0.5, 0.6) is 0 Å². The Bertz CT molecular complexity index is 397. The lowest BCUT2D eigenvalue weighted by molar-refractivity contribution is 0.0497. The van der Waals surface area contributed by atoms with Crippen molar-refractivity contribution >= 4 is 5.97 Å². The van der Waals surface area contributed by atoms with Crippen molar-refractivity contribution in [3.63, 3.8) is 0 Å². The molecule has 0 aromatic heterocycles. The zero-order chi connectivity index (χ0) is 15.5. The van der Waals surface area contributed by atoms with E-state index in [0.29, 0.717) is 12.2 Å². The van der Waals surface area contributed by atoms with Gasteiger partial charge in [-0.15, -0.1) is 0 Å². The minimum atomic E-state index is -0.441. The van der Waals surface area contributed by atoms with E-state index in [1.54, 1.807) is 12.1 Å². The van der Waals surface area contributed by atoms with Gasteiger partial charge in [-0.1, -0.05) is 58.1 Å². The number of carbonyl (C=O) groups is 1. The third-order valence-corrected chi connectivity index (χ3v) is 3.59. The van der Waals surface area contributed by atoms with E-state index >= 15 is 0 Å². The molecule has 1 unspecified atom stereocenters. The van der Waals surface area contributed by atoms with Gasteiger partial charge >= 0.3 is 5.97 Å². The van der Waals surface area contributed by atoms with Crippen LogP contribution in [0.1, 0.15) is 80.8 Å². The number of carbonyl (C=O) groups excluding carboxylic acids is 1. The van der Waals surface area contributed by atoms with Crippen molar-refractivity contribution in [1.82, 2.24) is 0 Å². The minimum absolute atomic E-state index is 0.277. The van der Waals surface area contributed by atoms with E-state index in [-0.39, 0.29) is 5.97 Å². The van der Waals surface area contributed by atoms with Crippen LogP contribution in [-0.4, -0.2) is 17.7 Å². The summed E-state index contributed by atoms with van der Waals surface area (Å²) >= 11 is 0. The molecular formula is C18H28O3. The monoisotopic (exact) mass is 292 g/mol. The van der Waals surface area contributed by atoms with Gasteiger partial charge in [0.15, 0.2) is 0 Å². The number of aliphatic hydroxyl groups excluding tert-OH is 1. The fourth-order valence-corrected chi connectivity index (χ4v) is 2.18. The topological polar surface area (TPSA) is 46.5 Å². The van der Waals surface area contributed by atoms with Crippen LogP contribution in [-0.2, 0) is 4.74 Å². The largest absolute Gasteiger partial charge is 0.462 e. The molecule has 0 amide bonds. The summed E-state index contributed by atoms with van der Waals surface area (Å²) in [6, 6.07) is 7.10. The SMILES string of the molecule is CCCCCCOC(=O)c1ccc(C(O)CCCC)cc1. The lowest BCUT2D eigenvalue weighted by Crippen LogP contribution is -2.07. The number of hydrogen-bond donors (Lipinski definition) is 1. The van der Waals surface area contributed by atoms with E-state index in [9.17, 15) is 9.90 Å². The predicted octanol–water partition coefficient (Wildman–Crippen LogP) is 4.65. The van der Waals surface area contributed by atoms with Gasteiger partial charge in [0.1, 0.15) is 0 Å². The normalized spacial score (nSPS) is 12.1. The first-order valence-electron chi connectivity index (χ1n) is 8.14. The van der Waals surface area contributed by atoms with Crippen LogP contribution >= 0.6 is 0 Å². The van der Waals surface area contributed by atoms with E-state index in [4.69, 9.17) is 4.74 Å². The molecule has 21 heavy (non-hydrogen) atoms. The Morgan fingerprint density at radius 2 is 1.71 bits per heavy atom. The molecule has 1 aromatic rings. The van der Waals surface area contributed by atoms with Gasteiger partial charge < -0.3 is 9.84 Å². The molecule has 1 N–H and O–H groups in total. The summed E-state index contributed by atoms with van der Waals surface area (Å²) in [6.45, 7) is 4.74. The second kappa shape index (κ2) is 10.4. The molecule has 0 heterocycles. The van der Waals surface area contributed by atoms with Crippen molar-refractivity contribution in [1.29, 1.82) is 0 Å². The molecule has 0 spiro atoms. The van der Waals surface area contributed by atoms with Crippen LogP contribution in [0.15, 0.2) is 24.3 Å². The molecule has 0 fully saturated rings. The molecule has 0 aliphatic rings. The number of ether oxygens (including phenoxy) is 1.